The number of hydrogen-bond donors (Lipinski definition) is 0. The molecular weight excluding hydrogens is 226 g/mol. The first-order valence-electron chi connectivity index (χ1n) is 6.26. The van der Waals surface area contributed by atoms with Gasteiger partial charge in [0.25, 0.3) is 0 Å². The molecule has 0 spiro atoms. The summed E-state index contributed by atoms with van der Waals surface area (Å²) in [6.07, 6.45) is 0. The van der Waals surface area contributed by atoms with Gasteiger partial charge in [0.05, 0.1) is 13.2 Å². The summed E-state index contributed by atoms with van der Waals surface area (Å²) >= 11 is 0. The lowest BCUT2D eigenvalue weighted by Crippen LogP contribution is -2.30. The van der Waals surface area contributed by atoms with E-state index in [1.165, 1.54) is 16.8 Å². The summed E-state index contributed by atoms with van der Waals surface area (Å²) in [6, 6.07) is 4.36. The second-order valence-electron chi connectivity index (χ2n) is 4.53. The van der Waals surface area contributed by atoms with Crippen molar-refractivity contribution in [1.82, 2.24) is 0 Å². The van der Waals surface area contributed by atoms with E-state index in [4.69, 9.17) is 9.47 Å². The van der Waals surface area contributed by atoms with Crippen molar-refractivity contribution in [2.75, 3.05) is 45.4 Å². The molecule has 0 saturated heterocycles. The molecule has 0 fully saturated rings. The molecule has 0 atom stereocenters. The molecule has 0 aliphatic carbocycles. The van der Waals surface area contributed by atoms with Gasteiger partial charge in [-0.25, -0.2) is 0 Å². The average molecular weight is 250 g/mol. The largest absolute Gasteiger partial charge is 0.383 e. The van der Waals surface area contributed by atoms with Crippen LogP contribution < -0.4 is 4.90 Å². The fraction of sp³-hybridized carbons (Fsp3) is 0.533. The Bertz CT molecular complexity index is 346. The Hall–Kier alpha value is -1.06. The van der Waals surface area contributed by atoms with Crippen LogP contribution in [-0.2, 0) is 9.47 Å². The first-order chi connectivity index (χ1) is 8.60. The van der Waals surface area contributed by atoms with Crippen LogP contribution >= 0.6 is 0 Å². The maximum absolute atomic E-state index is 5.16. The minimum absolute atomic E-state index is 0.716. The smallest absolute Gasteiger partial charge is 0.0637 e. The average Bonchev–Trinajstić information content (AvgIpc) is 2.35. The third kappa shape index (κ3) is 4.00. The van der Waals surface area contributed by atoms with Gasteiger partial charge in [0.2, 0.25) is 0 Å². The van der Waals surface area contributed by atoms with E-state index in [2.05, 4.69) is 37.8 Å². The Morgan fingerprint density at radius 3 is 1.83 bits per heavy atom. The fourth-order valence-corrected chi connectivity index (χ4v) is 1.93. The van der Waals surface area contributed by atoms with E-state index in [-0.39, 0.29) is 0 Å². The molecule has 1 rings (SSSR count). The van der Waals surface area contributed by atoms with Crippen LogP contribution in [0.4, 0.5) is 5.69 Å². The van der Waals surface area contributed by atoms with Gasteiger partial charge in [0, 0.05) is 33.0 Å². The van der Waals surface area contributed by atoms with Crippen molar-refractivity contribution in [3.8, 4) is 0 Å². The normalized spacial score (nSPS) is 10.7. The summed E-state index contributed by atoms with van der Waals surface area (Å²) in [5.41, 5.74) is 4.79. The van der Waals surface area contributed by atoms with Crippen molar-refractivity contribution in [2.24, 2.45) is 0 Å². The van der Waals surface area contributed by atoms with Crippen LogP contribution in [0.5, 0.6) is 0 Å². The molecule has 0 bridgehead atoms. The van der Waals surface area contributed by atoms with Crippen LogP contribution in [-0.4, -0.2) is 40.5 Å². The van der Waals surface area contributed by atoms with E-state index in [0.29, 0.717) is 13.2 Å². The number of aryl methyl sites for hydroxylation is 2. The molecule has 0 heterocycles. The van der Waals surface area contributed by atoms with Crippen molar-refractivity contribution >= 4 is 5.69 Å². The topological polar surface area (TPSA) is 21.7 Å². The molecule has 1 aromatic rings. The molecule has 0 unspecified atom stereocenters. The highest BCUT2D eigenvalue weighted by atomic mass is 16.5. The number of anilines is 1. The second-order valence-corrected chi connectivity index (χ2v) is 4.53. The quantitative estimate of drug-likeness (QED) is 0.742. The maximum atomic E-state index is 5.16. The zero-order valence-corrected chi connectivity index (χ0v) is 12.0. The summed E-state index contributed by atoms with van der Waals surface area (Å²) < 4.78 is 10.3. The molecule has 0 N–H and O–H groups in total. The van der Waals surface area contributed by atoms with Gasteiger partial charge in [-0.15, -0.1) is 0 Å². The zero-order valence-electron chi connectivity index (χ0n) is 12.0. The Balaban J connectivity index is 2.89. The van der Waals surface area contributed by atoms with Crippen molar-refractivity contribution in [2.45, 2.75) is 13.8 Å². The highest BCUT2D eigenvalue weighted by Gasteiger charge is 2.09. The van der Waals surface area contributed by atoms with E-state index in [0.717, 1.165) is 18.7 Å². The third-order valence-electron chi connectivity index (χ3n) is 3.18. The standard InChI is InChI=1S/C15H24NO2/c1-12-10-15(11-13(2)14(12)3)16(6-8-17-4)7-9-18-5/h10-11H,3,6-9H2,1-2,4-5H3. The molecule has 0 aromatic heterocycles. The lowest BCUT2D eigenvalue weighted by molar-refractivity contribution is 0.190. The van der Waals surface area contributed by atoms with Crippen LogP contribution in [0, 0.1) is 20.8 Å². The van der Waals surface area contributed by atoms with Gasteiger partial charge < -0.3 is 14.4 Å². The minimum Gasteiger partial charge on any atom is -0.383 e. The molecule has 18 heavy (non-hydrogen) atoms. The molecule has 3 heteroatoms. The summed E-state index contributed by atoms with van der Waals surface area (Å²) in [7, 11) is 3.45. The van der Waals surface area contributed by atoms with Crippen LogP contribution in [0.15, 0.2) is 12.1 Å². The Kier molecular flexibility index (Phi) is 6.16. The summed E-state index contributed by atoms with van der Waals surface area (Å²) in [5, 5.41) is 0. The van der Waals surface area contributed by atoms with Gasteiger partial charge in [-0.2, -0.15) is 0 Å². The van der Waals surface area contributed by atoms with Gasteiger partial charge in [0.15, 0.2) is 0 Å². The number of nitrogens with zero attached hydrogens (tertiary/aromatic N) is 1. The predicted molar refractivity (Wildman–Crippen MR) is 76.3 cm³/mol. The molecule has 0 amide bonds. The monoisotopic (exact) mass is 250 g/mol. The molecule has 0 aliphatic rings. The predicted octanol–water partition coefficient (Wildman–Crippen LogP) is 2.58. The van der Waals surface area contributed by atoms with Crippen molar-refractivity contribution in [1.29, 1.82) is 0 Å². The van der Waals surface area contributed by atoms with Crippen LogP contribution in [0.1, 0.15) is 16.7 Å². The molecule has 101 valence electrons. The molecule has 0 saturated carbocycles. The summed E-state index contributed by atoms with van der Waals surface area (Å²) in [6.45, 7) is 11.5. The number of hydrogen-bond acceptors (Lipinski definition) is 3. The third-order valence-corrected chi connectivity index (χ3v) is 3.18. The number of benzene rings is 1. The van der Waals surface area contributed by atoms with Crippen LogP contribution in [0.3, 0.4) is 0 Å². The molecule has 3 nitrogen and oxygen atoms in total. The van der Waals surface area contributed by atoms with E-state index >= 15 is 0 Å². The van der Waals surface area contributed by atoms with Crippen molar-refractivity contribution in [3.63, 3.8) is 0 Å². The van der Waals surface area contributed by atoms with Crippen LogP contribution in [0.2, 0.25) is 0 Å². The van der Waals surface area contributed by atoms with Gasteiger partial charge in [-0.3, -0.25) is 0 Å². The maximum Gasteiger partial charge on any atom is 0.0637 e. The van der Waals surface area contributed by atoms with E-state index in [1.54, 1.807) is 14.2 Å². The van der Waals surface area contributed by atoms with E-state index in [9.17, 15) is 0 Å². The van der Waals surface area contributed by atoms with Crippen LogP contribution in [0.25, 0.3) is 0 Å². The number of rotatable bonds is 7. The lowest BCUT2D eigenvalue weighted by atomic mass is 10.0. The Labute approximate surface area is 111 Å². The summed E-state index contributed by atoms with van der Waals surface area (Å²) in [5.74, 6) is 0. The molecular formula is C15H24NO2. The van der Waals surface area contributed by atoms with Crippen molar-refractivity contribution < 1.29 is 9.47 Å². The SMILES string of the molecule is [CH2]c1c(C)cc(N(CCOC)CCOC)cc1C. The minimum atomic E-state index is 0.716. The first kappa shape index (κ1) is 15.0. The highest BCUT2D eigenvalue weighted by molar-refractivity contribution is 5.54. The van der Waals surface area contributed by atoms with E-state index in [1.807, 2.05) is 0 Å². The van der Waals surface area contributed by atoms with Gasteiger partial charge in [-0.1, -0.05) is 0 Å². The second kappa shape index (κ2) is 7.39. The van der Waals surface area contributed by atoms with Crippen molar-refractivity contribution in [3.05, 3.63) is 35.7 Å². The fourth-order valence-electron chi connectivity index (χ4n) is 1.93. The summed E-state index contributed by atoms with van der Waals surface area (Å²) in [4.78, 5) is 2.28. The van der Waals surface area contributed by atoms with Gasteiger partial charge >= 0.3 is 0 Å². The highest BCUT2D eigenvalue weighted by Crippen LogP contribution is 2.22. The molecule has 0 aliphatic heterocycles. The molecule has 1 aromatic carbocycles. The number of methoxy groups -OCH3 is 2. The lowest BCUT2D eigenvalue weighted by Gasteiger charge is -2.25. The molecule has 1 radical (unpaired) electrons. The zero-order chi connectivity index (χ0) is 13.5. The van der Waals surface area contributed by atoms with E-state index < -0.39 is 0 Å². The van der Waals surface area contributed by atoms with Gasteiger partial charge in [0.1, 0.15) is 0 Å². The van der Waals surface area contributed by atoms with Gasteiger partial charge in [-0.05, 0) is 49.6 Å². The Morgan fingerprint density at radius 1 is 1.00 bits per heavy atom. The number of ether oxygens (including phenoxy) is 2. The Morgan fingerprint density at radius 2 is 1.44 bits per heavy atom. The first-order valence-corrected chi connectivity index (χ1v) is 6.26.